The van der Waals surface area contributed by atoms with Gasteiger partial charge in [-0.2, -0.15) is 0 Å². The summed E-state index contributed by atoms with van der Waals surface area (Å²) >= 11 is 0. The molecule has 0 saturated heterocycles. The Morgan fingerprint density at radius 1 is 0.600 bits per heavy atom. The highest BCUT2D eigenvalue weighted by atomic mass is 16.3. The van der Waals surface area contributed by atoms with Gasteiger partial charge in [0.15, 0.2) is 0 Å². The zero-order valence-electron chi connectivity index (χ0n) is 26.5. The third-order valence-electron chi connectivity index (χ3n) is 7.79. The lowest BCUT2D eigenvalue weighted by Gasteiger charge is -2.26. The number of hydrogen-bond donors (Lipinski definition) is 4. The molecule has 0 radical (unpaired) electrons. The molecule has 0 aromatic carbocycles. The van der Waals surface area contributed by atoms with Gasteiger partial charge in [0.05, 0.1) is 18.8 Å². The van der Waals surface area contributed by atoms with Crippen LogP contribution in [0.3, 0.4) is 0 Å². The summed E-state index contributed by atoms with van der Waals surface area (Å²) in [5, 5.41) is 33.2. The number of aliphatic hydroxyl groups is 3. The zero-order valence-corrected chi connectivity index (χ0v) is 26.5. The fourth-order valence-electron chi connectivity index (χ4n) is 5.06. The quantitative estimate of drug-likeness (QED) is 0.0518. The van der Waals surface area contributed by atoms with E-state index in [9.17, 15) is 20.1 Å². The Morgan fingerprint density at radius 3 is 1.52 bits per heavy atom. The van der Waals surface area contributed by atoms with E-state index in [0.29, 0.717) is 12.8 Å². The fourth-order valence-corrected chi connectivity index (χ4v) is 5.06. The normalized spacial score (nSPS) is 14.2. The lowest BCUT2D eigenvalue weighted by molar-refractivity contribution is -0.124. The molecule has 1 amide bonds. The fraction of sp³-hybridized carbons (Fsp3) is 0.857. The van der Waals surface area contributed by atoms with Gasteiger partial charge in [-0.15, -0.1) is 0 Å². The average Bonchev–Trinajstić information content (AvgIpc) is 2.96. The summed E-state index contributed by atoms with van der Waals surface area (Å²) in [4.78, 5) is 12.2. The zero-order chi connectivity index (χ0) is 29.5. The summed E-state index contributed by atoms with van der Waals surface area (Å²) in [5.41, 5.74) is 0. The maximum atomic E-state index is 12.2. The van der Waals surface area contributed by atoms with Crippen molar-refractivity contribution in [2.75, 3.05) is 6.61 Å². The van der Waals surface area contributed by atoms with E-state index in [0.717, 1.165) is 44.9 Å². The van der Waals surface area contributed by atoms with E-state index in [1.165, 1.54) is 96.3 Å². The predicted octanol–water partition coefficient (Wildman–Crippen LogP) is 8.70. The maximum absolute atomic E-state index is 12.2. The Morgan fingerprint density at radius 2 is 1.02 bits per heavy atom. The SMILES string of the molecule is CCCCCCCCCC/C=C/CC/C=C/CCCC(O)C(O)C(CO)NC(=O)CCCCCCCCCCC. The smallest absolute Gasteiger partial charge is 0.220 e. The predicted molar refractivity (Wildman–Crippen MR) is 171 cm³/mol. The number of unbranched alkanes of at least 4 members (excludes halogenated alkanes) is 18. The van der Waals surface area contributed by atoms with E-state index >= 15 is 0 Å². The van der Waals surface area contributed by atoms with Crippen LogP contribution in [0.1, 0.15) is 168 Å². The standard InChI is InChI=1S/C35H67NO4/c1-3-5-7-9-11-13-14-15-16-17-18-19-20-22-23-25-27-29-33(38)35(40)32(31-37)36-34(39)30-28-26-24-21-12-10-8-6-4-2/h17-18,22-23,32-33,35,37-38,40H,3-16,19-21,24-31H2,1-2H3,(H,36,39)/b18-17+,23-22+. The molecule has 3 unspecified atom stereocenters. The van der Waals surface area contributed by atoms with Crippen molar-refractivity contribution < 1.29 is 20.1 Å². The summed E-state index contributed by atoms with van der Waals surface area (Å²) in [6, 6.07) is -0.825. The molecule has 0 aliphatic rings. The van der Waals surface area contributed by atoms with Gasteiger partial charge in [-0.1, -0.05) is 134 Å². The lowest BCUT2D eigenvalue weighted by Crippen LogP contribution is -2.50. The number of carbonyl (C=O) groups excluding carboxylic acids is 1. The van der Waals surface area contributed by atoms with E-state index in [4.69, 9.17) is 0 Å². The molecule has 0 aromatic rings. The highest BCUT2D eigenvalue weighted by molar-refractivity contribution is 5.76. The van der Waals surface area contributed by atoms with E-state index in [2.05, 4.69) is 43.5 Å². The Labute approximate surface area is 248 Å². The van der Waals surface area contributed by atoms with Gasteiger partial charge in [-0.3, -0.25) is 4.79 Å². The van der Waals surface area contributed by atoms with Crippen molar-refractivity contribution in [3.05, 3.63) is 24.3 Å². The molecular weight excluding hydrogens is 498 g/mol. The molecule has 0 saturated carbocycles. The highest BCUT2D eigenvalue weighted by Gasteiger charge is 2.26. The van der Waals surface area contributed by atoms with E-state index in [-0.39, 0.29) is 12.5 Å². The second-order valence-corrected chi connectivity index (χ2v) is 11.7. The van der Waals surface area contributed by atoms with Crippen molar-refractivity contribution in [2.45, 2.75) is 186 Å². The number of amides is 1. The van der Waals surface area contributed by atoms with Crippen LogP contribution < -0.4 is 5.32 Å². The first kappa shape index (κ1) is 38.8. The van der Waals surface area contributed by atoms with E-state index < -0.39 is 18.2 Å². The van der Waals surface area contributed by atoms with Gasteiger partial charge in [-0.25, -0.2) is 0 Å². The molecule has 5 nitrogen and oxygen atoms in total. The molecule has 0 aliphatic carbocycles. The second kappa shape index (κ2) is 30.8. The van der Waals surface area contributed by atoms with Crippen LogP contribution in [0.4, 0.5) is 0 Å². The van der Waals surface area contributed by atoms with Crippen LogP contribution in [-0.4, -0.2) is 46.1 Å². The Balaban J connectivity index is 3.79. The number of nitrogens with one attached hydrogen (secondary N) is 1. The van der Waals surface area contributed by atoms with Crippen LogP contribution in [0.5, 0.6) is 0 Å². The van der Waals surface area contributed by atoms with Gasteiger partial charge in [0, 0.05) is 6.42 Å². The molecular formula is C35H67NO4. The molecule has 236 valence electrons. The minimum atomic E-state index is -1.16. The first-order chi connectivity index (χ1) is 19.6. The van der Waals surface area contributed by atoms with Crippen molar-refractivity contribution in [1.82, 2.24) is 5.32 Å². The topological polar surface area (TPSA) is 89.8 Å². The molecule has 0 aliphatic heterocycles. The van der Waals surface area contributed by atoms with Crippen LogP contribution in [0, 0.1) is 0 Å². The van der Waals surface area contributed by atoms with Crippen molar-refractivity contribution >= 4 is 5.91 Å². The number of carbonyl (C=O) groups is 1. The Hall–Kier alpha value is -1.17. The number of hydrogen-bond acceptors (Lipinski definition) is 4. The van der Waals surface area contributed by atoms with Crippen LogP contribution in [0.15, 0.2) is 24.3 Å². The number of allylic oxidation sites excluding steroid dienone is 4. The summed E-state index contributed by atoms with van der Waals surface area (Å²) in [6.45, 7) is 4.11. The monoisotopic (exact) mass is 566 g/mol. The summed E-state index contributed by atoms with van der Waals surface area (Å²) in [7, 11) is 0. The Bertz CT molecular complexity index is 592. The van der Waals surface area contributed by atoms with Crippen LogP contribution in [0.2, 0.25) is 0 Å². The number of rotatable bonds is 30. The van der Waals surface area contributed by atoms with Crippen LogP contribution in [-0.2, 0) is 4.79 Å². The first-order valence-electron chi connectivity index (χ1n) is 17.1. The van der Waals surface area contributed by atoms with E-state index in [1.54, 1.807) is 0 Å². The molecule has 5 heteroatoms. The minimum absolute atomic E-state index is 0.164. The molecule has 0 fully saturated rings. The highest BCUT2D eigenvalue weighted by Crippen LogP contribution is 2.13. The summed E-state index contributed by atoms with van der Waals surface area (Å²) in [5.74, 6) is -0.164. The van der Waals surface area contributed by atoms with Gasteiger partial charge in [0.25, 0.3) is 0 Å². The third-order valence-corrected chi connectivity index (χ3v) is 7.79. The molecule has 3 atom stereocenters. The Kier molecular flexibility index (Phi) is 29.9. The largest absolute Gasteiger partial charge is 0.394 e. The van der Waals surface area contributed by atoms with Gasteiger partial charge >= 0.3 is 0 Å². The third kappa shape index (κ3) is 25.8. The van der Waals surface area contributed by atoms with Crippen molar-refractivity contribution in [3.8, 4) is 0 Å². The molecule has 0 spiro atoms. The molecule has 0 rings (SSSR count). The summed E-state index contributed by atoms with van der Waals surface area (Å²) in [6.07, 6.45) is 34.1. The minimum Gasteiger partial charge on any atom is -0.394 e. The van der Waals surface area contributed by atoms with Crippen LogP contribution in [0.25, 0.3) is 0 Å². The lowest BCUT2D eigenvalue weighted by atomic mass is 10.0. The van der Waals surface area contributed by atoms with E-state index in [1.807, 2.05) is 0 Å². The second-order valence-electron chi connectivity index (χ2n) is 11.7. The molecule has 0 bridgehead atoms. The van der Waals surface area contributed by atoms with Gasteiger partial charge in [-0.05, 0) is 51.4 Å². The summed E-state index contributed by atoms with van der Waals surface area (Å²) < 4.78 is 0. The average molecular weight is 566 g/mol. The molecule has 0 heterocycles. The van der Waals surface area contributed by atoms with Crippen molar-refractivity contribution in [2.24, 2.45) is 0 Å². The molecule has 4 N–H and O–H groups in total. The van der Waals surface area contributed by atoms with Gasteiger partial charge in [0.2, 0.25) is 5.91 Å². The molecule has 0 aromatic heterocycles. The first-order valence-corrected chi connectivity index (χ1v) is 17.1. The van der Waals surface area contributed by atoms with Crippen molar-refractivity contribution in [3.63, 3.8) is 0 Å². The van der Waals surface area contributed by atoms with Gasteiger partial charge in [0.1, 0.15) is 6.10 Å². The van der Waals surface area contributed by atoms with Crippen LogP contribution >= 0.6 is 0 Å². The molecule has 40 heavy (non-hydrogen) atoms. The van der Waals surface area contributed by atoms with Gasteiger partial charge < -0.3 is 20.6 Å². The van der Waals surface area contributed by atoms with Crippen molar-refractivity contribution in [1.29, 1.82) is 0 Å². The number of aliphatic hydroxyl groups excluding tert-OH is 3. The maximum Gasteiger partial charge on any atom is 0.220 e.